The molecule has 0 saturated carbocycles. The highest BCUT2D eigenvalue weighted by atomic mass is 16.4. The Balaban J connectivity index is 2.84. The van der Waals surface area contributed by atoms with Crippen LogP contribution >= 0.6 is 0 Å². The lowest BCUT2D eigenvalue weighted by Gasteiger charge is -2.14. The fraction of sp³-hybridized carbons (Fsp3) is 0.400. The Morgan fingerprint density at radius 2 is 2.21 bits per heavy atom. The summed E-state index contributed by atoms with van der Waals surface area (Å²) in [6.45, 7) is 6.18. The molecule has 0 aliphatic heterocycles. The summed E-state index contributed by atoms with van der Waals surface area (Å²) in [6, 6.07) is 0. The van der Waals surface area contributed by atoms with Gasteiger partial charge in [0, 0.05) is 23.4 Å². The van der Waals surface area contributed by atoms with E-state index in [1.807, 2.05) is 0 Å². The van der Waals surface area contributed by atoms with Crippen LogP contribution in [0.4, 0.5) is 0 Å². The summed E-state index contributed by atoms with van der Waals surface area (Å²) >= 11 is 0. The summed E-state index contributed by atoms with van der Waals surface area (Å²) in [7, 11) is 0. The average molecular weight is 194 g/mol. The van der Waals surface area contributed by atoms with Gasteiger partial charge in [-0.05, 0) is 6.08 Å². The zero-order valence-corrected chi connectivity index (χ0v) is 8.53. The van der Waals surface area contributed by atoms with Crippen molar-refractivity contribution in [3.63, 3.8) is 0 Å². The number of nitrogens with zero attached hydrogens (tertiary/aromatic N) is 1. The number of aromatic nitrogens is 2. The Morgan fingerprint density at radius 3 is 2.64 bits per heavy atom. The topological polar surface area (TPSA) is 66.0 Å². The molecule has 0 radical (unpaired) electrons. The van der Waals surface area contributed by atoms with Crippen LogP contribution in [0, 0.1) is 0 Å². The van der Waals surface area contributed by atoms with E-state index in [4.69, 9.17) is 5.11 Å². The summed E-state index contributed by atoms with van der Waals surface area (Å²) in [6.07, 6.45) is 4.23. The lowest BCUT2D eigenvalue weighted by atomic mass is 9.93. The average Bonchev–Trinajstić information content (AvgIpc) is 2.47. The number of hydrogen-bond acceptors (Lipinski definition) is 2. The second-order valence-corrected chi connectivity index (χ2v) is 4.10. The standard InChI is InChI=1S/C10H14N2O2/c1-10(2,3)7-6-11-8(12-7)4-5-9(13)14/h4-6H,1-3H3,(H,11,12)(H,13,14)/b5-4+. The molecule has 1 heterocycles. The number of carboxylic acids is 1. The van der Waals surface area contributed by atoms with E-state index in [1.165, 1.54) is 6.08 Å². The third-order valence-corrected chi connectivity index (χ3v) is 1.79. The molecule has 0 spiro atoms. The highest BCUT2D eigenvalue weighted by Crippen LogP contribution is 2.19. The van der Waals surface area contributed by atoms with Crippen molar-refractivity contribution in [2.45, 2.75) is 26.2 Å². The first-order chi connectivity index (χ1) is 6.39. The van der Waals surface area contributed by atoms with Gasteiger partial charge >= 0.3 is 5.97 Å². The highest BCUT2D eigenvalue weighted by molar-refractivity contribution is 5.84. The minimum absolute atomic E-state index is 0.00230. The van der Waals surface area contributed by atoms with E-state index in [2.05, 4.69) is 30.7 Å². The van der Waals surface area contributed by atoms with Crippen LogP contribution < -0.4 is 0 Å². The quantitative estimate of drug-likeness (QED) is 0.705. The second-order valence-electron chi connectivity index (χ2n) is 4.10. The molecule has 4 heteroatoms. The van der Waals surface area contributed by atoms with Crippen molar-refractivity contribution >= 4 is 12.0 Å². The predicted octanol–water partition coefficient (Wildman–Crippen LogP) is 1.80. The van der Waals surface area contributed by atoms with E-state index in [9.17, 15) is 4.79 Å². The van der Waals surface area contributed by atoms with E-state index in [0.717, 1.165) is 11.8 Å². The molecular weight excluding hydrogens is 180 g/mol. The van der Waals surface area contributed by atoms with Crippen molar-refractivity contribution in [1.82, 2.24) is 9.97 Å². The molecule has 76 valence electrons. The van der Waals surface area contributed by atoms with Gasteiger partial charge < -0.3 is 10.1 Å². The third kappa shape index (κ3) is 2.73. The van der Waals surface area contributed by atoms with E-state index in [1.54, 1.807) is 6.20 Å². The van der Waals surface area contributed by atoms with Crippen LogP contribution in [-0.2, 0) is 10.2 Å². The monoisotopic (exact) mass is 194 g/mol. The zero-order valence-electron chi connectivity index (χ0n) is 8.53. The summed E-state index contributed by atoms with van der Waals surface area (Å²) in [5.74, 6) is -0.406. The summed E-state index contributed by atoms with van der Waals surface area (Å²) in [4.78, 5) is 17.3. The SMILES string of the molecule is CC(C)(C)c1cnc(/C=C/C(=O)O)[nH]1. The van der Waals surface area contributed by atoms with Gasteiger partial charge in [0.25, 0.3) is 0 Å². The molecule has 1 aromatic heterocycles. The maximum atomic E-state index is 10.2. The number of carboxylic acid groups (broad SMARTS) is 1. The van der Waals surface area contributed by atoms with Crippen molar-refractivity contribution in [2.24, 2.45) is 0 Å². The first-order valence-corrected chi connectivity index (χ1v) is 4.36. The number of carbonyl (C=O) groups is 1. The molecule has 0 atom stereocenters. The molecule has 0 aliphatic rings. The Morgan fingerprint density at radius 1 is 1.57 bits per heavy atom. The number of H-pyrrole nitrogens is 1. The first-order valence-electron chi connectivity index (χ1n) is 4.36. The molecule has 0 unspecified atom stereocenters. The van der Waals surface area contributed by atoms with Gasteiger partial charge in [0.15, 0.2) is 0 Å². The normalized spacial score (nSPS) is 12.2. The van der Waals surface area contributed by atoms with Gasteiger partial charge in [-0.25, -0.2) is 9.78 Å². The smallest absolute Gasteiger partial charge is 0.328 e. The summed E-state index contributed by atoms with van der Waals surface area (Å²) in [5.41, 5.74) is 0.991. The highest BCUT2D eigenvalue weighted by Gasteiger charge is 2.15. The van der Waals surface area contributed by atoms with Gasteiger partial charge in [-0.1, -0.05) is 20.8 Å². The zero-order chi connectivity index (χ0) is 10.8. The number of aromatic amines is 1. The van der Waals surface area contributed by atoms with Crippen LogP contribution in [0.2, 0.25) is 0 Å². The Labute approximate surface area is 82.7 Å². The summed E-state index contributed by atoms with van der Waals surface area (Å²) < 4.78 is 0. The molecule has 14 heavy (non-hydrogen) atoms. The van der Waals surface area contributed by atoms with E-state index in [-0.39, 0.29) is 5.41 Å². The maximum Gasteiger partial charge on any atom is 0.328 e. The van der Waals surface area contributed by atoms with Crippen LogP contribution in [0.15, 0.2) is 12.3 Å². The third-order valence-electron chi connectivity index (χ3n) is 1.79. The van der Waals surface area contributed by atoms with Gasteiger partial charge in [0.2, 0.25) is 0 Å². The minimum Gasteiger partial charge on any atom is -0.478 e. The fourth-order valence-corrected chi connectivity index (χ4v) is 0.953. The van der Waals surface area contributed by atoms with Crippen LogP contribution in [0.25, 0.3) is 6.08 Å². The molecule has 0 aliphatic carbocycles. The molecule has 0 amide bonds. The Kier molecular flexibility index (Phi) is 2.74. The van der Waals surface area contributed by atoms with Crippen LogP contribution in [0.1, 0.15) is 32.3 Å². The van der Waals surface area contributed by atoms with Gasteiger partial charge in [-0.2, -0.15) is 0 Å². The number of imidazole rings is 1. The van der Waals surface area contributed by atoms with Crippen molar-refractivity contribution in [3.05, 3.63) is 23.8 Å². The van der Waals surface area contributed by atoms with Crippen molar-refractivity contribution < 1.29 is 9.90 Å². The van der Waals surface area contributed by atoms with Crippen molar-refractivity contribution in [3.8, 4) is 0 Å². The van der Waals surface area contributed by atoms with Crippen molar-refractivity contribution in [2.75, 3.05) is 0 Å². The van der Waals surface area contributed by atoms with Crippen molar-refractivity contribution in [1.29, 1.82) is 0 Å². The number of aliphatic carboxylic acids is 1. The predicted molar refractivity (Wildman–Crippen MR) is 54.0 cm³/mol. The Bertz CT molecular complexity index is 358. The molecule has 1 aromatic rings. The van der Waals surface area contributed by atoms with Gasteiger partial charge in [-0.15, -0.1) is 0 Å². The molecule has 0 bridgehead atoms. The lowest BCUT2D eigenvalue weighted by Crippen LogP contribution is -2.11. The first kappa shape index (κ1) is 10.5. The van der Waals surface area contributed by atoms with E-state index < -0.39 is 5.97 Å². The molecule has 0 saturated heterocycles. The largest absolute Gasteiger partial charge is 0.478 e. The fourth-order valence-electron chi connectivity index (χ4n) is 0.953. The number of nitrogens with one attached hydrogen (secondary N) is 1. The minimum atomic E-state index is -0.973. The van der Waals surface area contributed by atoms with Gasteiger partial charge in [0.05, 0.1) is 0 Å². The molecule has 0 aromatic carbocycles. The molecule has 1 rings (SSSR count). The Hall–Kier alpha value is -1.58. The number of hydrogen-bond donors (Lipinski definition) is 2. The lowest BCUT2D eigenvalue weighted by molar-refractivity contribution is -0.131. The molecule has 2 N–H and O–H groups in total. The van der Waals surface area contributed by atoms with Gasteiger partial charge in [0.1, 0.15) is 5.82 Å². The van der Waals surface area contributed by atoms with E-state index in [0.29, 0.717) is 5.82 Å². The molecule has 0 fully saturated rings. The number of rotatable bonds is 2. The molecule has 4 nitrogen and oxygen atoms in total. The summed E-state index contributed by atoms with van der Waals surface area (Å²) in [5, 5.41) is 8.41. The second kappa shape index (κ2) is 3.65. The van der Waals surface area contributed by atoms with E-state index >= 15 is 0 Å². The van der Waals surface area contributed by atoms with Crippen LogP contribution in [0.5, 0.6) is 0 Å². The van der Waals surface area contributed by atoms with Gasteiger partial charge in [-0.3, -0.25) is 0 Å². The molecular formula is C10H14N2O2. The maximum absolute atomic E-state index is 10.2. The van der Waals surface area contributed by atoms with Crippen LogP contribution in [-0.4, -0.2) is 21.0 Å². The van der Waals surface area contributed by atoms with Crippen LogP contribution in [0.3, 0.4) is 0 Å².